The Morgan fingerprint density at radius 1 is 1.32 bits per heavy atom. The number of aryl methyl sites for hydroxylation is 2. The molecule has 0 fully saturated rings. The molecule has 0 atom stereocenters. The maximum absolute atomic E-state index is 5.40. The molecule has 1 N–H and O–H groups in total. The van der Waals surface area contributed by atoms with Crippen molar-refractivity contribution in [1.29, 1.82) is 0 Å². The van der Waals surface area contributed by atoms with Gasteiger partial charge in [0.05, 0.1) is 11.6 Å². The number of fused-ring (bicyclic) bond motifs is 3. The van der Waals surface area contributed by atoms with E-state index in [0.29, 0.717) is 11.6 Å². The Labute approximate surface area is 114 Å². The third-order valence-corrected chi connectivity index (χ3v) is 4.73. The molecular weight excluding hydrogens is 258 g/mol. The van der Waals surface area contributed by atoms with Crippen LogP contribution < -0.4 is 5.32 Å². The molecule has 96 valence electrons. The Hall–Kier alpha value is -1.88. The van der Waals surface area contributed by atoms with Crippen molar-refractivity contribution in [2.75, 3.05) is 12.4 Å². The predicted octanol–water partition coefficient (Wildman–Crippen LogP) is 3.48. The fourth-order valence-corrected chi connectivity index (χ4v) is 3.95. The fraction of sp³-hybridized carbons (Fsp3) is 0.286. The predicted molar refractivity (Wildman–Crippen MR) is 76.7 cm³/mol. The number of nitrogens with zero attached hydrogens (tertiary/aromatic N) is 2. The summed E-state index contributed by atoms with van der Waals surface area (Å²) in [6, 6.07) is 3.75. The minimum absolute atomic E-state index is 0.654. The topological polar surface area (TPSA) is 51.0 Å². The Bertz CT molecular complexity index is 746. The summed E-state index contributed by atoms with van der Waals surface area (Å²) in [6.07, 6.45) is 5.22. The molecule has 3 heterocycles. The second kappa shape index (κ2) is 4.06. The first-order valence-corrected chi connectivity index (χ1v) is 7.22. The highest BCUT2D eigenvalue weighted by Crippen LogP contribution is 2.40. The molecule has 0 radical (unpaired) electrons. The summed E-state index contributed by atoms with van der Waals surface area (Å²) in [5.74, 6) is 2.28. The highest BCUT2D eigenvalue weighted by Gasteiger charge is 2.22. The lowest BCUT2D eigenvalue weighted by atomic mass is 10.2. The molecule has 3 aromatic heterocycles. The third kappa shape index (κ3) is 1.58. The summed E-state index contributed by atoms with van der Waals surface area (Å²) in [4.78, 5) is 11.8. The SMILES string of the molecule is CNc1nc(-c2ccco2)nc2sc3c(c12)CCC3. The van der Waals surface area contributed by atoms with Crippen molar-refractivity contribution in [3.8, 4) is 11.6 Å². The second-order valence-corrected chi connectivity index (χ2v) is 5.74. The Morgan fingerprint density at radius 3 is 3.05 bits per heavy atom. The maximum Gasteiger partial charge on any atom is 0.199 e. The normalized spacial score (nSPS) is 13.9. The minimum Gasteiger partial charge on any atom is -0.461 e. The average molecular weight is 271 g/mol. The number of furan rings is 1. The van der Waals surface area contributed by atoms with E-state index in [2.05, 4.69) is 15.3 Å². The zero-order valence-electron chi connectivity index (χ0n) is 10.6. The molecule has 0 aliphatic heterocycles. The molecule has 19 heavy (non-hydrogen) atoms. The molecule has 5 heteroatoms. The van der Waals surface area contributed by atoms with E-state index in [1.165, 1.54) is 28.7 Å². The lowest BCUT2D eigenvalue weighted by molar-refractivity contribution is 0.578. The van der Waals surface area contributed by atoms with Crippen molar-refractivity contribution >= 4 is 27.4 Å². The molecule has 0 amide bonds. The van der Waals surface area contributed by atoms with Crippen LogP contribution >= 0.6 is 11.3 Å². The molecule has 0 unspecified atom stereocenters. The summed E-state index contributed by atoms with van der Waals surface area (Å²) in [6.45, 7) is 0. The van der Waals surface area contributed by atoms with Gasteiger partial charge in [-0.25, -0.2) is 9.97 Å². The van der Waals surface area contributed by atoms with Gasteiger partial charge in [-0.15, -0.1) is 11.3 Å². The smallest absolute Gasteiger partial charge is 0.199 e. The molecule has 0 saturated carbocycles. The first-order chi connectivity index (χ1) is 9.36. The van der Waals surface area contributed by atoms with E-state index in [4.69, 9.17) is 4.42 Å². The van der Waals surface area contributed by atoms with Crippen LogP contribution in [0.3, 0.4) is 0 Å². The summed E-state index contributed by atoms with van der Waals surface area (Å²) >= 11 is 1.79. The van der Waals surface area contributed by atoms with Crippen molar-refractivity contribution in [2.24, 2.45) is 0 Å². The number of thiophene rings is 1. The number of nitrogens with one attached hydrogen (secondary N) is 1. The molecule has 1 aliphatic rings. The van der Waals surface area contributed by atoms with Crippen molar-refractivity contribution in [1.82, 2.24) is 9.97 Å². The van der Waals surface area contributed by atoms with E-state index in [1.54, 1.807) is 17.6 Å². The number of anilines is 1. The largest absolute Gasteiger partial charge is 0.461 e. The van der Waals surface area contributed by atoms with Gasteiger partial charge >= 0.3 is 0 Å². The zero-order valence-corrected chi connectivity index (χ0v) is 11.4. The first-order valence-electron chi connectivity index (χ1n) is 6.40. The molecule has 0 aromatic carbocycles. The van der Waals surface area contributed by atoms with Crippen molar-refractivity contribution in [2.45, 2.75) is 19.3 Å². The summed E-state index contributed by atoms with van der Waals surface area (Å²) in [5, 5.41) is 4.41. The first kappa shape index (κ1) is 11.0. The second-order valence-electron chi connectivity index (χ2n) is 4.66. The molecule has 1 aliphatic carbocycles. The molecule has 4 nitrogen and oxygen atoms in total. The van der Waals surface area contributed by atoms with Gasteiger partial charge in [0.25, 0.3) is 0 Å². The molecular formula is C14H13N3OS. The van der Waals surface area contributed by atoms with Crippen LogP contribution in [-0.4, -0.2) is 17.0 Å². The van der Waals surface area contributed by atoms with E-state index < -0.39 is 0 Å². The van der Waals surface area contributed by atoms with Crippen molar-refractivity contribution in [3.05, 3.63) is 28.8 Å². The van der Waals surface area contributed by atoms with Crippen LogP contribution in [0.5, 0.6) is 0 Å². The lowest BCUT2D eigenvalue weighted by Gasteiger charge is -2.05. The van der Waals surface area contributed by atoms with Crippen LogP contribution in [0.4, 0.5) is 5.82 Å². The van der Waals surface area contributed by atoms with Gasteiger partial charge in [0.15, 0.2) is 11.6 Å². The highest BCUT2D eigenvalue weighted by atomic mass is 32.1. The molecule has 0 spiro atoms. The van der Waals surface area contributed by atoms with Gasteiger partial charge in [-0.2, -0.15) is 0 Å². The Kier molecular flexibility index (Phi) is 2.35. The molecule has 0 saturated heterocycles. The number of rotatable bonds is 2. The fourth-order valence-electron chi connectivity index (χ4n) is 2.69. The maximum atomic E-state index is 5.40. The number of hydrogen-bond acceptors (Lipinski definition) is 5. The van der Waals surface area contributed by atoms with Crippen molar-refractivity contribution < 1.29 is 4.42 Å². The van der Waals surface area contributed by atoms with Crippen LogP contribution in [0.25, 0.3) is 21.8 Å². The third-order valence-electron chi connectivity index (χ3n) is 3.54. The molecule has 0 bridgehead atoms. The number of hydrogen-bond donors (Lipinski definition) is 1. The van der Waals surface area contributed by atoms with Gasteiger partial charge in [-0.3, -0.25) is 0 Å². The Morgan fingerprint density at radius 2 is 2.26 bits per heavy atom. The van der Waals surface area contributed by atoms with Crippen LogP contribution in [-0.2, 0) is 12.8 Å². The molecule has 3 aromatic rings. The van der Waals surface area contributed by atoms with E-state index in [-0.39, 0.29) is 0 Å². The average Bonchev–Trinajstić information content (AvgIpc) is 3.13. The molecule has 4 rings (SSSR count). The van der Waals surface area contributed by atoms with Crippen molar-refractivity contribution in [3.63, 3.8) is 0 Å². The van der Waals surface area contributed by atoms with Gasteiger partial charge in [-0.05, 0) is 37.0 Å². The number of aromatic nitrogens is 2. The van der Waals surface area contributed by atoms with Crippen LogP contribution in [0.1, 0.15) is 16.9 Å². The quantitative estimate of drug-likeness (QED) is 0.775. The summed E-state index contributed by atoms with van der Waals surface area (Å²) < 4.78 is 5.40. The highest BCUT2D eigenvalue weighted by molar-refractivity contribution is 7.19. The van der Waals surface area contributed by atoms with E-state index in [9.17, 15) is 0 Å². The minimum atomic E-state index is 0.654. The Balaban J connectivity index is 2.01. The summed E-state index contributed by atoms with van der Waals surface area (Å²) in [7, 11) is 1.91. The van der Waals surface area contributed by atoms with Gasteiger partial charge in [0.2, 0.25) is 0 Å². The van der Waals surface area contributed by atoms with E-state index in [1.807, 2.05) is 19.2 Å². The monoisotopic (exact) mass is 271 g/mol. The van der Waals surface area contributed by atoms with Gasteiger partial charge in [0.1, 0.15) is 10.6 Å². The van der Waals surface area contributed by atoms with E-state index in [0.717, 1.165) is 17.1 Å². The summed E-state index contributed by atoms with van der Waals surface area (Å²) in [5.41, 5.74) is 1.44. The van der Waals surface area contributed by atoms with E-state index >= 15 is 0 Å². The van der Waals surface area contributed by atoms with Crippen LogP contribution in [0.2, 0.25) is 0 Å². The van der Waals surface area contributed by atoms with Crippen LogP contribution in [0, 0.1) is 0 Å². The lowest BCUT2D eigenvalue weighted by Crippen LogP contribution is -1.98. The standard InChI is InChI=1S/C14H13N3OS/c1-15-13-11-8-4-2-6-10(8)19-14(11)17-12(16-13)9-5-3-7-18-9/h3,5,7H,2,4,6H2,1H3,(H,15,16,17). The van der Waals surface area contributed by atoms with Crippen LogP contribution in [0.15, 0.2) is 22.8 Å². The van der Waals surface area contributed by atoms with Gasteiger partial charge in [0, 0.05) is 11.9 Å². The van der Waals surface area contributed by atoms with Gasteiger partial charge < -0.3 is 9.73 Å². The zero-order chi connectivity index (χ0) is 12.8. The van der Waals surface area contributed by atoms with Gasteiger partial charge in [-0.1, -0.05) is 0 Å².